The van der Waals surface area contributed by atoms with Crippen molar-refractivity contribution in [3.8, 4) is 0 Å². The second kappa shape index (κ2) is 7.43. The molecule has 0 radical (unpaired) electrons. The summed E-state index contributed by atoms with van der Waals surface area (Å²) in [6.07, 6.45) is 0.354. The summed E-state index contributed by atoms with van der Waals surface area (Å²) >= 11 is 0. The summed E-state index contributed by atoms with van der Waals surface area (Å²) < 4.78 is 26.9. The van der Waals surface area contributed by atoms with Gasteiger partial charge in [-0.15, -0.1) is 0 Å². The van der Waals surface area contributed by atoms with Gasteiger partial charge >= 0.3 is 0 Å². The van der Waals surface area contributed by atoms with Crippen molar-refractivity contribution in [1.29, 1.82) is 0 Å². The number of rotatable bonds is 4. The summed E-state index contributed by atoms with van der Waals surface area (Å²) in [5.74, 6) is -2.11. The van der Waals surface area contributed by atoms with Crippen LogP contribution in [0.15, 0.2) is 53.6 Å². The van der Waals surface area contributed by atoms with Crippen LogP contribution in [-0.2, 0) is 9.59 Å². The molecule has 2 aromatic carbocycles. The van der Waals surface area contributed by atoms with Crippen molar-refractivity contribution in [2.24, 2.45) is 5.10 Å². The number of benzene rings is 2. The average molecular weight is 357 g/mol. The Kier molecular flexibility index (Phi) is 5.06. The maximum absolute atomic E-state index is 13.9. The molecule has 7 heteroatoms. The molecule has 0 fully saturated rings. The molecule has 0 saturated carbocycles. The van der Waals surface area contributed by atoms with Crippen molar-refractivity contribution >= 4 is 23.2 Å². The van der Waals surface area contributed by atoms with Crippen LogP contribution in [0.3, 0.4) is 0 Å². The molecule has 1 atom stereocenters. The largest absolute Gasteiger partial charge is 0.344 e. The fourth-order valence-corrected chi connectivity index (χ4v) is 2.70. The van der Waals surface area contributed by atoms with E-state index in [9.17, 15) is 18.4 Å². The molecule has 1 heterocycles. The minimum Gasteiger partial charge on any atom is -0.344 e. The fraction of sp³-hybridized carbons (Fsp3) is 0.211. The van der Waals surface area contributed by atoms with Crippen LogP contribution >= 0.6 is 0 Å². The van der Waals surface area contributed by atoms with Crippen LogP contribution in [0.25, 0.3) is 0 Å². The number of carbonyl (C=O) groups is 2. The molecule has 1 unspecified atom stereocenters. The number of amides is 2. The second-order valence-electron chi connectivity index (χ2n) is 5.95. The molecule has 3 rings (SSSR count). The highest BCUT2D eigenvalue weighted by Gasteiger charge is 2.26. The Morgan fingerprint density at radius 1 is 1.15 bits per heavy atom. The lowest BCUT2D eigenvalue weighted by atomic mass is 10.1. The number of anilines is 1. The van der Waals surface area contributed by atoms with Crippen molar-refractivity contribution in [2.45, 2.75) is 25.8 Å². The summed E-state index contributed by atoms with van der Waals surface area (Å²) in [5.41, 5.74) is 0.926. The summed E-state index contributed by atoms with van der Waals surface area (Å²) in [7, 11) is 0. The molecular weight excluding hydrogens is 340 g/mol. The first-order chi connectivity index (χ1) is 12.5. The Balaban J connectivity index is 1.77. The second-order valence-corrected chi connectivity index (χ2v) is 5.95. The van der Waals surface area contributed by atoms with Gasteiger partial charge in [0.2, 0.25) is 5.91 Å². The van der Waals surface area contributed by atoms with E-state index in [0.29, 0.717) is 5.69 Å². The van der Waals surface area contributed by atoms with E-state index in [0.717, 1.165) is 12.1 Å². The Hall–Kier alpha value is -3.09. The van der Waals surface area contributed by atoms with Gasteiger partial charge in [-0.25, -0.2) is 13.8 Å². The Morgan fingerprint density at radius 3 is 2.58 bits per heavy atom. The first kappa shape index (κ1) is 17.7. The monoisotopic (exact) mass is 357 g/mol. The van der Waals surface area contributed by atoms with Crippen LogP contribution in [0.4, 0.5) is 14.5 Å². The molecular formula is C19H17F2N3O2. The molecule has 134 valence electrons. The summed E-state index contributed by atoms with van der Waals surface area (Å²) in [6.45, 7) is 1.59. The van der Waals surface area contributed by atoms with Crippen LogP contribution in [0.2, 0.25) is 0 Å². The number of carbonyl (C=O) groups excluding carboxylic acids is 2. The minimum absolute atomic E-state index is 0.153. The smallest absolute Gasteiger partial charge is 0.267 e. The zero-order chi connectivity index (χ0) is 18.7. The van der Waals surface area contributed by atoms with Gasteiger partial charge in [0, 0.05) is 24.5 Å². The SMILES string of the molecule is CC(NC(=O)C1=NN(c2ccccc2)C(=O)CC1)c1ccc(F)cc1F. The van der Waals surface area contributed by atoms with Crippen molar-refractivity contribution in [3.63, 3.8) is 0 Å². The van der Waals surface area contributed by atoms with Crippen LogP contribution in [0, 0.1) is 11.6 Å². The number of hydrogen-bond donors (Lipinski definition) is 1. The average Bonchev–Trinajstić information content (AvgIpc) is 2.62. The van der Waals surface area contributed by atoms with Crippen LogP contribution in [-0.4, -0.2) is 17.5 Å². The number of hydrogen-bond acceptors (Lipinski definition) is 3. The lowest BCUT2D eigenvalue weighted by Crippen LogP contribution is -2.40. The van der Waals surface area contributed by atoms with E-state index >= 15 is 0 Å². The highest BCUT2D eigenvalue weighted by Crippen LogP contribution is 2.21. The Labute approximate surface area is 149 Å². The molecule has 0 bridgehead atoms. The highest BCUT2D eigenvalue weighted by molar-refractivity contribution is 6.40. The molecule has 0 aliphatic carbocycles. The highest BCUT2D eigenvalue weighted by atomic mass is 19.1. The van der Waals surface area contributed by atoms with Crippen LogP contribution < -0.4 is 10.3 Å². The predicted octanol–water partition coefficient (Wildman–Crippen LogP) is 3.33. The predicted molar refractivity (Wildman–Crippen MR) is 93.5 cm³/mol. The number of halogens is 2. The topological polar surface area (TPSA) is 61.8 Å². The van der Waals surface area contributed by atoms with E-state index in [-0.39, 0.29) is 30.0 Å². The molecule has 0 spiro atoms. The molecule has 5 nitrogen and oxygen atoms in total. The molecule has 2 amide bonds. The molecule has 26 heavy (non-hydrogen) atoms. The van der Waals surface area contributed by atoms with E-state index in [1.807, 2.05) is 6.07 Å². The summed E-state index contributed by atoms with van der Waals surface area (Å²) in [6, 6.07) is 11.3. The Bertz CT molecular complexity index is 868. The van der Waals surface area contributed by atoms with Gasteiger partial charge in [0.25, 0.3) is 5.91 Å². The molecule has 0 saturated heterocycles. The zero-order valence-corrected chi connectivity index (χ0v) is 14.1. The summed E-state index contributed by atoms with van der Waals surface area (Å²) in [5, 5.41) is 7.99. The van der Waals surface area contributed by atoms with E-state index < -0.39 is 23.6 Å². The molecule has 1 aliphatic rings. The quantitative estimate of drug-likeness (QED) is 0.912. The number of nitrogens with one attached hydrogen (secondary N) is 1. The molecule has 1 aliphatic heterocycles. The van der Waals surface area contributed by atoms with E-state index in [1.165, 1.54) is 11.1 Å². The maximum atomic E-state index is 13.9. The third kappa shape index (κ3) is 3.77. The van der Waals surface area contributed by atoms with Crippen molar-refractivity contribution in [2.75, 3.05) is 5.01 Å². The maximum Gasteiger partial charge on any atom is 0.267 e. The molecule has 1 N–H and O–H groups in total. The van der Waals surface area contributed by atoms with Gasteiger partial charge < -0.3 is 5.32 Å². The van der Waals surface area contributed by atoms with Gasteiger partial charge in [-0.05, 0) is 25.1 Å². The van der Waals surface area contributed by atoms with Crippen molar-refractivity contribution in [3.05, 3.63) is 65.7 Å². The van der Waals surface area contributed by atoms with E-state index in [4.69, 9.17) is 0 Å². The fourth-order valence-electron chi connectivity index (χ4n) is 2.70. The van der Waals surface area contributed by atoms with E-state index in [2.05, 4.69) is 10.4 Å². The van der Waals surface area contributed by atoms with Gasteiger partial charge in [0.05, 0.1) is 11.7 Å². The van der Waals surface area contributed by atoms with Gasteiger partial charge in [-0.2, -0.15) is 5.10 Å². The molecule has 2 aromatic rings. The number of hydrazone groups is 1. The third-order valence-electron chi connectivity index (χ3n) is 4.07. The van der Waals surface area contributed by atoms with Gasteiger partial charge in [-0.3, -0.25) is 9.59 Å². The lowest BCUT2D eigenvalue weighted by molar-refractivity contribution is -0.119. The first-order valence-electron chi connectivity index (χ1n) is 8.17. The molecule has 0 aromatic heterocycles. The first-order valence-corrected chi connectivity index (χ1v) is 8.17. The third-order valence-corrected chi connectivity index (χ3v) is 4.07. The number of para-hydroxylation sites is 1. The van der Waals surface area contributed by atoms with Crippen LogP contribution in [0.5, 0.6) is 0 Å². The standard InChI is InChI=1S/C19H17F2N3O2/c1-12(15-8-7-13(20)11-16(15)21)22-19(26)17-9-10-18(25)24(23-17)14-5-3-2-4-6-14/h2-8,11-12H,9-10H2,1H3,(H,22,26). The van der Waals surface area contributed by atoms with E-state index in [1.54, 1.807) is 31.2 Å². The zero-order valence-electron chi connectivity index (χ0n) is 14.1. The Morgan fingerprint density at radius 2 is 1.88 bits per heavy atom. The normalized spacial score (nSPS) is 15.4. The lowest BCUT2D eigenvalue weighted by Gasteiger charge is -2.24. The van der Waals surface area contributed by atoms with Crippen molar-refractivity contribution < 1.29 is 18.4 Å². The number of nitrogens with zero attached hydrogens (tertiary/aromatic N) is 2. The summed E-state index contributed by atoms with van der Waals surface area (Å²) in [4.78, 5) is 24.6. The van der Waals surface area contributed by atoms with Gasteiger partial charge in [0.1, 0.15) is 17.3 Å². The van der Waals surface area contributed by atoms with Crippen LogP contribution in [0.1, 0.15) is 31.4 Å². The van der Waals surface area contributed by atoms with Gasteiger partial charge in [0.15, 0.2) is 0 Å². The van der Waals surface area contributed by atoms with Gasteiger partial charge in [-0.1, -0.05) is 24.3 Å². The minimum atomic E-state index is -0.732. The van der Waals surface area contributed by atoms with Crippen molar-refractivity contribution in [1.82, 2.24) is 5.32 Å².